The lowest BCUT2D eigenvalue weighted by Gasteiger charge is -2.34. The molecule has 1 saturated carbocycles. The number of rotatable bonds is 11. The second-order valence-electron chi connectivity index (χ2n) is 10.2. The van der Waals surface area contributed by atoms with E-state index in [1.54, 1.807) is 42.5 Å². The zero-order valence-electron chi connectivity index (χ0n) is 22.9. The predicted molar refractivity (Wildman–Crippen MR) is 159 cm³/mol. The van der Waals surface area contributed by atoms with Crippen molar-refractivity contribution < 1.29 is 18.0 Å². The van der Waals surface area contributed by atoms with Gasteiger partial charge >= 0.3 is 0 Å². The van der Waals surface area contributed by atoms with Crippen molar-refractivity contribution >= 4 is 39.1 Å². The van der Waals surface area contributed by atoms with Gasteiger partial charge in [0.2, 0.25) is 11.8 Å². The molecule has 0 bridgehead atoms. The maximum atomic E-state index is 14.1. The van der Waals surface area contributed by atoms with Crippen LogP contribution in [0.25, 0.3) is 0 Å². The van der Waals surface area contributed by atoms with Gasteiger partial charge in [-0.25, -0.2) is 8.42 Å². The number of hydrogen-bond acceptors (Lipinski definition) is 4. The molecular weight excluding hydrogens is 546 g/mol. The highest BCUT2D eigenvalue weighted by Crippen LogP contribution is 2.28. The Hall–Kier alpha value is -3.36. The molecule has 0 radical (unpaired) electrons. The van der Waals surface area contributed by atoms with Crippen LogP contribution in [0.3, 0.4) is 0 Å². The van der Waals surface area contributed by atoms with E-state index >= 15 is 0 Å². The first-order chi connectivity index (χ1) is 19.2. The summed E-state index contributed by atoms with van der Waals surface area (Å²) in [7, 11) is -4.09. The molecule has 0 unspecified atom stereocenters. The third kappa shape index (κ3) is 7.04. The van der Waals surface area contributed by atoms with Gasteiger partial charge in [0.05, 0.1) is 10.6 Å². The Kier molecular flexibility index (Phi) is 9.87. The molecule has 0 spiro atoms. The fourth-order valence-corrected chi connectivity index (χ4v) is 6.78. The summed E-state index contributed by atoms with van der Waals surface area (Å²) in [6.45, 7) is 3.35. The number of carbonyl (C=O) groups is 2. The number of para-hydroxylation sites is 1. The van der Waals surface area contributed by atoms with Crippen molar-refractivity contribution in [1.82, 2.24) is 10.2 Å². The molecule has 0 heterocycles. The summed E-state index contributed by atoms with van der Waals surface area (Å²) in [6.07, 6.45) is 4.36. The van der Waals surface area contributed by atoms with Crippen LogP contribution in [0.4, 0.5) is 5.69 Å². The number of nitrogens with one attached hydrogen (secondary N) is 1. The summed E-state index contributed by atoms with van der Waals surface area (Å²) in [5.74, 6) is -0.684. The van der Waals surface area contributed by atoms with Crippen LogP contribution >= 0.6 is 11.6 Å². The number of anilines is 1. The summed E-state index contributed by atoms with van der Waals surface area (Å²) in [4.78, 5) is 29.2. The number of aryl methyl sites for hydroxylation is 1. The molecule has 40 heavy (non-hydrogen) atoms. The summed E-state index contributed by atoms with van der Waals surface area (Å²) in [6, 6.07) is 21.6. The van der Waals surface area contributed by atoms with Crippen molar-refractivity contribution in [2.45, 2.75) is 69.5 Å². The molecule has 1 N–H and O–H groups in total. The van der Waals surface area contributed by atoms with Crippen molar-refractivity contribution in [2.75, 3.05) is 10.8 Å². The molecule has 7 nitrogen and oxygen atoms in total. The first kappa shape index (κ1) is 29.6. The van der Waals surface area contributed by atoms with Crippen molar-refractivity contribution in [1.29, 1.82) is 0 Å². The highest BCUT2D eigenvalue weighted by atomic mass is 35.5. The van der Waals surface area contributed by atoms with Gasteiger partial charge in [0.15, 0.2) is 0 Å². The van der Waals surface area contributed by atoms with E-state index in [2.05, 4.69) is 5.32 Å². The molecule has 9 heteroatoms. The molecule has 0 aromatic heterocycles. The number of halogens is 1. The zero-order valence-corrected chi connectivity index (χ0v) is 24.5. The predicted octanol–water partition coefficient (Wildman–Crippen LogP) is 5.71. The molecule has 0 saturated heterocycles. The lowest BCUT2D eigenvalue weighted by Crippen LogP contribution is -2.53. The Morgan fingerprint density at radius 3 is 2.20 bits per heavy atom. The normalized spacial score (nSPS) is 14.5. The van der Waals surface area contributed by atoms with E-state index in [1.165, 1.54) is 17.0 Å². The van der Waals surface area contributed by atoms with Crippen molar-refractivity contribution in [3.63, 3.8) is 0 Å². The Morgan fingerprint density at radius 2 is 1.57 bits per heavy atom. The second kappa shape index (κ2) is 13.3. The van der Waals surface area contributed by atoms with Gasteiger partial charge in [-0.05, 0) is 67.6 Å². The van der Waals surface area contributed by atoms with E-state index in [9.17, 15) is 18.0 Å². The zero-order chi connectivity index (χ0) is 28.7. The number of hydrogen-bond donors (Lipinski definition) is 1. The average Bonchev–Trinajstić information content (AvgIpc) is 3.46. The van der Waals surface area contributed by atoms with Gasteiger partial charge in [-0.1, -0.05) is 79.9 Å². The minimum atomic E-state index is -4.09. The van der Waals surface area contributed by atoms with Crippen LogP contribution in [0.2, 0.25) is 5.02 Å². The van der Waals surface area contributed by atoms with Crippen LogP contribution in [0.5, 0.6) is 0 Å². The molecule has 4 rings (SSSR count). The highest BCUT2D eigenvalue weighted by Gasteiger charge is 2.34. The van der Waals surface area contributed by atoms with Gasteiger partial charge in [0.25, 0.3) is 10.0 Å². The average molecular weight is 582 g/mol. The second-order valence-corrected chi connectivity index (χ2v) is 12.5. The standard InChI is InChI=1S/C31H36ClN3O4S/c1-3-28(31(37)33-26-12-8-9-13-26)34(21-24-17-19-25(32)20-18-24)30(36)22-35(29-16-10-7-11-23(29)2)40(38,39)27-14-5-4-6-15-27/h4-7,10-11,14-20,26,28H,3,8-9,12-13,21-22H2,1-2H3,(H,33,37)/t28-/m0/s1. The fourth-order valence-electron chi connectivity index (χ4n) is 5.15. The Bertz CT molecular complexity index is 1410. The minimum absolute atomic E-state index is 0.0846. The topological polar surface area (TPSA) is 86.8 Å². The van der Waals surface area contributed by atoms with Gasteiger partial charge in [-0.2, -0.15) is 0 Å². The molecular formula is C31H36ClN3O4S. The van der Waals surface area contributed by atoms with Crippen LogP contribution < -0.4 is 9.62 Å². The molecule has 2 amide bonds. The Morgan fingerprint density at radius 1 is 0.950 bits per heavy atom. The maximum absolute atomic E-state index is 14.1. The molecule has 1 aliphatic carbocycles. The smallest absolute Gasteiger partial charge is 0.264 e. The Labute approximate surface area is 242 Å². The number of carbonyl (C=O) groups excluding carboxylic acids is 2. The third-order valence-corrected chi connectivity index (χ3v) is 9.37. The summed E-state index contributed by atoms with van der Waals surface area (Å²) >= 11 is 6.09. The van der Waals surface area contributed by atoms with Gasteiger partial charge < -0.3 is 10.2 Å². The van der Waals surface area contributed by atoms with E-state index in [-0.39, 0.29) is 23.4 Å². The first-order valence-corrected chi connectivity index (χ1v) is 15.5. The van der Waals surface area contributed by atoms with Gasteiger partial charge in [-0.15, -0.1) is 0 Å². The van der Waals surface area contributed by atoms with Crippen molar-refractivity contribution in [2.24, 2.45) is 0 Å². The monoisotopic (exact) mass is 581 g/mol. The van der Waals surface area contributed by atoms with Crippen molar-refractivity contribution in [3.8, 4) is 0 Å². The molecule has 1 atom stereocenters. The lowest BCUT2D eigenvalue weighted by atomic mass is 10.1. The van der Waals surface area contributed by atoms with E-state index in [4.69, 9.17) is 11.6 Å². The van der Waals surface area contributed by atoms with Gasteiger partial charge in [0.1, 0.15) is 12.6 Å². The molecule has 1 aliphatic rings. The molecule has 3 aromatic rings. The van der Waals surface area contributed by atoms with E-state index < -0.39 is 28.5 Å². The number of sulfonamides is 1. The van der Waals surface area contributed by atoms with Gasteiger partial charge in [-0.3, -0.25) is 13.9 Å². The largest absolute Gasteiger partial charge is 0.352 e. The summed E-state index contributed by atoms with van der Waals surface area (Å²) in [5, 5.41) is 3.69. The quantitative estimate of drug-likeness (QED) is 0.314. The third-order valence-electron chi connectivity index (χ3n) is 7.35. The van der Waals surface area contributed by atoms with Crippen LogP contribution in [0.15, 0.2) is 83.8 Å². The molecule has 212 valence electrons. The molecule has 0 aliphatic heterocycles. The summed E-state index contributed by atoms with van der Waals surface area (Å²) < 4.78 is 29.0. The summed E-state index contributed by atoms with van der Waals surface area (Å²) in [5.41, 5.74) is 1.91. The SMILES string of the molecule is CC[C@@H](C(=O)NC1CCCC1)N(Cc1ccc(Cl)cc1)C(=O)CN(c1ccccc1C)S(=O)(=O)c1ccccc1. The maximum Gasteiger partial charge on any atom is 0.264 e. The van der Waals surface area contributed by atoms with E-state index in [0.717, 1.165) is 35.6 Å². The molecule has 1 fully saturated rings. The highest BCUT2D eigenvalue weighted by molar-refractivity contribution is 7.92. The van der Waals surface area contributed by atoms with Crippen LogP contribution in [0, 0.1) is 6.92 Å². The van der Waals surface area contributed by atoms with Crippen LogP contribution in [-0.2, 0) is 26.2 Å². The lowest BCUT2D eigenvalue weighted by molar-refractivity contribution is -0.140. The number of amides is 2. The van der Waals surface area contributed by atoms with Crippen LogP contribution in [0.1, 0.15) is 50.2 Å². The minimum Gasteiger partial charge on any atom is -0.352 e. The van der Waals surface area contributed by atoms with E-state index in [0.29, 0.717) is 22.7 Å². The van der Waals surface area contributed by atoms with Crippen LogP contribution in [-0.4, -0.2) is 43.8 Å². The van der Waals surface area contributed by atoms with E-state index in [1.807, 2.05) is 38.1 Å². The fraction of sp³-hybridized carbons (Fsp3) is 0.355. The number of benzene rings is 3. The van der Waals surface area contributed by atoms with Crippen molar-refractivity contribution in [3.05, 3.63) is 95.0 Å². The Balaban J connectivity index is 1.71. The first-order valence-electron chi connectivity index (χ1n) is 13.7. The van der Waals surface area contributed by atoms with Gasteiger partial charge in [0, 0.05) is 17.6 Å². The number of nitrogens with zero attached hydrogens (tertiary/aromatic N) is 2. The molecule has 3 aromatic carbocycles.